The predicted octanol–water partition coefficient (Wildman–Crippen LogP) is 3.83. The van der Waals surface area contributed by atoms with Gasteiger partial charge in [0.25, 0.3) is 0 Å². The molecule has 2 aromatic rings. The summed E-state index contributed by atoms with van der Waals surface area (Å²) in [7, 11) is 5.14. The van der Waals surface area contributed by atoms with Gasteiger partial charge in [0.2, 0.25) is 0 Å². The van der Waals surface area contributed by atoms with Crippen molar-refractivity contribution in [3.63, 3.8) is 0 Å². The number of anilines is 1. The summed E-state index contributed by atoms with van der Waals surface area (Å²) in [6.45, 7) is 7.14. The molecular formula is C24H36IN5O2. The van der Waals surface area contributed by atoms with Gasteiger partial charge < -0.3 is 25.0 Å². The number of pyridine rings is 1. The van der Waals surface area contributed by atoms with Gasteiger partial charge in [-0.05, 0) is 42.7 Å². The van der Waals surface area contributed by atoms with Gasteiger partial charge in [-0.15, -0.1) is 24.0 Å². The molecule has 1 aromatic heterocycles. The minimum absolute atomic E-state index is 0. The van der Waals surface area contributed by atoms with Crippen LogP contribution < -0.4 is 25.0 Å². The van der Waals surface area contributed by atoms with Gasteiger partial charge in [-0.3, -0.25) is 4.99 Å². The molecule has 0 unspecified atom stereocenters. The number of ether oxygens (including phenoxy) is 2. The van der Waals surface area contributed by atoms with Gasteiger partial charge in [0.15, 0.2) is 17.5 Å². The summed E-state index contributed by atoms with van der Waals surface area (Å²) in [5.74, 6) is 3.38. The van der Waals surface area contributed by atoms with Gasteiger partial charge in [-0.1, -0.05) is 26.0 Å². The van der Waals surface area contributed by atoms with E-state index in [-0.39, 0.29) is 29.4 Å². The number of nitrogens with one attached hydrogen (secondary N) is 2. The van der Waals surface area contributed by atoms with Crippen LogP contribution in [0.1, 0.15) is 32.3 Å². The Bertz CT molecular complexity index is 868. The molecule has 0 atom stereocenters. The smallest absolute Gasteiger partial charge is 0.191 e. The minimum atomic E-state index is -0.112. The highest BCUT2D eigenvalue weighted by atomic mass is 127. The van der Waals surface area contributed by atoms with E-state index in [2.05, 4.69) is 51.5 Å². The van der Waals surface area contributed by atoms with E-state index in [1.54, 1.807) is 14.2 Å². The molecule has 1 aliphatic heterocycles. The third-order valence-corrected chi connectivity index (χ3v) is 5.90. The zero-order valence-electron chi connectivity index (χ0n) is 19.7. The topological polar surface area (TPSA) is 71.0 Å². The first-order valence-electron chi connectivity index (χ1n) is 10.8. The molecule has 2 heterocycles. The number of benzene rings is 1. The van der Waals surface area contributed by atoms with Crippen molar-refractivity contribution in [1.82, 2.24) is 15.6 Å². The summed E-state index contributed by atoms with van der Waals surface area (Å²) in [4.78, 5) is 11.2. The van der Waals surface area contributed by atoms with Crippen molar-refractivity contribution in [3.05, 3.63) is 48.2 Å². The Morgan fingerprint density at radius 2 is 1.84 bits per heavy atom. The van der Waals surface area contributed by atoms with Crippen LogP contribution in [0.5, 0.6) is 11.5 Å². The Morgan fingerprint density at radius 3 is 2.44 bits per heavy atom. The second-order valence-electron chi connectivity index (χ2n) is 8.47. The fourth-order valence-corrected chi connectivity index (χ4v) is 3.85. The molecule has 176 valence electrons. The van der Waals surface area contributed by atoms with Gasteiger partial charge in [0.1, 0.15) is 5.82 Å². The zero-order chi connectivity index (χ0) is 22.3. The number of rotatable bonds is 7. The van der Waals surface area contributed by atoms with Crippen LogP contribution in [0.3, 0.4) is 0 Å². The highest BCUT2D eigenvalue weighted by molar-refractivity contribution is 14.0. The summed E-state index contributed by atoms with van der Waals surface area (Å²) in [5, 5.41) is 7.09. The van der Waals surface area contributed by atoms with Gasteiger partial charge in [0.05, 0.1) is 14.2 Å². The summed E-state index contributed by atoms with van der Waals surface area (Å²) in [6.07, 6.45) is 3.96. The number of guanidine groups is 1. The second-order valence-corrected chi connectivity index (χ2v) is 8.47. The number of methoxy groups -OCH3 is 2. The molecule has 7 nitrogen and oxygen atoms in total. The number of halogens is 1. The van der Waals surface area contributed by atoms with Gasteiger partial charge in [0, 0.05) is 44.3 Å². The number of aliphatic imine (C=N–C) groups is 1. The fourth-order valence-electron chi connectivity index (χ4n) is 3.85. The van der Waals surface area contributed by atoms with E-state index in [1.807, 2.05) is 37.5 Å². The maximum atomic E-state index is 5.47. The standard InChI is InChI=1S/C24H35N5O2.HI/c1-24(2,18-9-10-20(30-4)21(16-18)31-5)17-27-23(25-3)28-19-11-14-29(15-12-19)22-8-6-7-13-26-22;/h6-10,13,16,19H,11-12,14-15,17H2,1-5H3,(H2,25,27,28);1H. The lowest BCUT2D eigenvalue weighted by Gasteiger charge is -2.34. The van der Waals surface area contributed by atoms with E-state index in [0.29, 0.717) is 6.04 Å². The normalized spacial score (nSPS) is 15.0. The lowest BCUT2D eigenvalue weighted by atomic mass is 9.84. The molecule has 3 rings (SSSR count). The van der Waals surface area contributed by atoms with E-state index in [9.17, 15) is 0 Å². The summed E-state index contributed by atoms with van der Waals surface area (Å²) < 4.78 is 10.8. The molecule has 32 heavy (non-hydrogen) atoms. The van der Waals surface area contributed by atoms with E-state index < -0.39 is 0 Å². The third-order valence-electron chi connectivity index (χ3n) is 5.90. The average molecular weight is 553 g/mol. The van der Waals surface area contributed by atoms with Crippen LogP contribution in [0.25, 0.3) is 0 Å². The van der Waals surface area contributed by atoms with Crippen molar-refractivity contribution in [2.24, 2.45) is 4.99 Å². The Kier molecular flexibility index (Phi) is 9.86. The SMILES string of the molecule is CN=C(NCC(C)(C)c1ccc(OC)c(OC)c1)NC1CCN(c2ccccn2)CC1.I. The lowest BCUT2D eigenvalue weighted by Crippen LogP contribution is -2.50. The summed E-state index contributed by atoms with van der Waals surface area (Å²) in [5.41, 5.74) is 1.07. The highest BCUT2D eigenvalue weighted by Gasteiger charge is 2.24. The van der Waals surface area contributed by atoms with Gasteiger partial charge in [-0.25, -0.2) is 4.98 Å². The van der Waals surface area contributed by atoms with Crippen LogP contribution in [0.4, 0.5) is 5.82 Å². The summed E-state index contributed by atoms with van der Waals surface area (Å²) in [6, 6.07) is 12.6. The number of hydrogen-bond donors (Lipinski definition) is 2. The Labute approximate surface area is 209 Å². The predicted molar refractivity (Wildman–Crippen MR) is 142 cm³/mol. The van der Waals surface area contributed by atoms with Crippen molar-refractivity contribution in [1.29, 1.82) is 0 Å². The largest absolute Gasteiger partial charge is 0.493 e. The highest BCUT2D eigenvalue weighted by Crippen LogP contribution is 2.32. The molecule has 0 bridgehead atoms. The molecule has 0 aliphatic carbocycles. The van der Waals surface area contributed by atoms with Crippen molar-refractivity contribution in [2.45, 2.75) is 38.1 Å². The molecule has 1 saturated heterocycles. The quantitative estimate of drug-likeness (QED) is 0.309. The second kappa shape index (κ2) is 12.1. The first-order valence-corrected chi connectivity index (χ1v) is 10.8. The monoisotopic (exact) mass is 553 g/mol. The first-order chi connectivity index (χ1) is 15.0. The Hall–Kier alpha value is -2.23. The first kappa shape index (κ1) is 26.0. The molecule has 0 saturated carbocycles. The molecule has 1 aliphatic rings. The van der Waals surface area contributed by atoms with Crippen LogP contribution in [-0.2, 0) is 5.41 Å². The van der Waals surface area contributed by atoms with E-state index in [1.165, 1.54) is 5.56 Å². The van der Waals surface area contributed by atoms with Gasteiger partial charge in [-0.2, -0.15) is 0 Å². The average Bonchev–Trinajstić information content (AvgIpc) is 2.82. The molecular weight excluding hydrogens is 517 g/mol. The van der Waals surface area contributed by atoms with Crippen molar-refractivity contribution < 1.29 is 9.47 Å². The van der Waals surface area contributed by atoms with E-state index in [4.69, 9.17) is 9.47 Å². The number of piperidine rings is 1. The van der Waals surface area contributed by atoms with Crippen LogP contribution >= 0.6 is 24.0 Å². The van der Waals surface area contributed by atoms with Crippen LogP contribution in [0, 0.1) is 0 Å². The fraction of sp³-hybridized carbons (Fsp3) is 0.500. The third kappa shape index (κ3) is 6.63. The molecule has 0 amide bonds. The Morgan fingerprint density at radius 1 is 1.12 bits per heavy atom. The molecule has 8 heteroatoms. The summed E-state index contributed by atoms with van der Waals surface area (Å²) >= 11 is 0. The zero-order valence-corrected chi connectivity index (χ0v) is 22.1. The Balaban J connectivity index is 0.00000363. The molecule has 1 aromatic carbocycles. The maximum Gasteiger partial charge on any atom is 0.191 e. The lowest BCUT2D eigenvalue weighted by molar-refractivity contribution is 0.353. The van der Waals surface area contributed by atoms with Crippen molar-refractivity contribution in [2.75, 3.05) is 45.8 Å². The van der Waals surface area contributed by atoms with Gasteiger partial charge >= 0.3 is 0 Å². The minimum Gasteiger partial charge on any atom is -0.493 e. The number of aromatic nitrogens is 1. The molecule has 1 fully saturated rings. The van der Waals surface area contributed by atoms with E-state index in [0.717, 1.165) is 55.8 Å². The van der Waals surface area contributed by atoms with Crippen LogP contribution in [0.15, 0.2) is 47.6 Å². The molecule has 2 N–H and O–H groups in total. The number of nitrogens with zero attached hydrogens (tertiary/aromatic N) is 3. The molecule has 0 spiro atoms. The van der Waals surface area contributed by atoms with Crippen LogP contribution in [0.2, 0.25) is 0 Å². The maximum absolute atomic E-state index is 5.47. The molecule has 0 radical (unpaired) electrons. The van der Waals surface area contributed by atoms with Crippen molar-refractivity contribution >= 4 is 35.8 Å². The van der Waals surface area contributed by atoms with Crippen molar-refractivity contribution in [3.8, 4) is 11.5 Å². The number of hydrogen-bond acceptors (Lipinski definition) is 5. The van der Waals surface area contributed by atoms with Crippen LogP contribution in [-0.4, -0.2) is 57.9 Å². The van der Waals surface area contributed by atoms with E-state index >= 15 is 0 Å².